The lowest BCUT2D eigenvalue weighted by atomic mass is 10.1. The van der Waals surface area contributed by atoms with Crippen LogP contribution < -0.4 is 5.73 Å². The van der Waals surface area contributed by atoms with Crippen molar-refractivity contribution in [1.29, 1.82) is 0 Å². The minimum Gasteiger partial charge on any atom is -0.436 e. The Morgan fingerprint density at radius 1 is 1.14 bits per heavy atom. The number of piperidine rings is 1. The third-order valence-corrected chi connectivity index (χ3v) is 5.43. The van der Waals surface area contributed by atoms with E-state index in [1.54, 1.807) is 13.3 Å². The molecule has 8 nitrogen and oxygen atoms in total. The first-order chi connectivity index (χ1) is 14.2. The van der Waals surface area contributed by atoms with Gasteiger partial charge in [-0.15, -0.1) is 0 Å². The Labute approximate surface area is 167 Å². The molecule has 0 radical (unpaired) electrons. The van der Waals surface area contributed by atoms with E-state index in [9.17, 15) is 0 Å². The number of nitrogen functional groups attached to an aromatic ring is 1. The lowest BCUT2D eigenvalue weighted by Gasteiger charge is -2.30. The Bertz CT molecular complexity index is 1110. The monoisotopic (exact) mass is 390 g/mol. The summed E-state index contributed by atoms with van der Waals surface area (Å²) < 4.78 is 7.92. The van der Waals surface area contributed by atoms with Crippen molar-refractivity contribution in [2.75, 3.05) is 25.9 Å². The molecule has 5 rings (SSSR count). The Morgan fingerprint density at radius 3 is 2.76 bits per heavy atom. The van der Waals surface area contributed by atoms with Crippen molar-refractivity contribution in [2.45, 2.75) is 18.9 Å². The second kappa shape index (κ2) is 7.31. The van der Waals surface area contributed by atoms with E-state index in [4.69, 9.17) is 15.0 Å². The summed E-state index contributed by atoms with van der Waals surface area (Å²) in [5.41, 5.74) is 10.2. The molecule has 0 spiro atoms. The molecular formula is C21H22N6O2. The Balaban J connectivity index is 1.44. The van der Waals surface area contributed by atoms with Gasteiger partial charge >= 0.3 is 0 Å². The molecule has 148 valence electrons. The molecule has 3 aromatic heterocycles. The van der Waals surface area contributed by atoms with E-state index in [-0.39, 0.29) is 0 Å². The summed E-state index contributed by atoms with van der Waals surface area (Å²) in [6.07, 6.45) is 7.70. The molecule has 0 unspecified atom stereocenters. The fraction of sp³-hybridized carbons (Fsp3) is 0.286. The standard InChI is InChI=1S/C21H22N6O2/c1-28-26-8-6-16(7-9-26)27-13-15(12-24-27)14-10-17(20(22)23-11-14)21-25-18-4-2-3-5-19(18)29-21/h2-5,10-13,16H,6-9H2,1H3,(H2,22,23). The van der Waals surface area contributed by atoms with E-state index in [1.807, 2.05) is 46.3 Å². The van der Waals surface area contributed by atoms with Crippen molar-refractivity contribution in [3.63, 3.8) is 0 Å². The van der Waals surface area contributed by atoms with E-state index in [2.05, 4.69) is 21.3 Å². The van der Waals surface area contributed by atoms with Gasteiger partial charge in [-0.05, 0) is 31.0 Å². The van der Waals surface area contributed by atoms with E-state index in [0.717, 1.165) is 48.2 Å². The van der Waals surface area contributed by atoms with Crippen LogP contribution in [-0.4, -0.2) is 45.0 Å². The average molecular weight is 390 g/mol. The molecule has 1 saturated heterocycles. The van der Waals surface area contributed by atoms with Gasteiger partial charge in [-0.1, -0.05) is 12.1 Å². The predicted molar refractivity (Wildman–Crippen MR) is 110 cm³/mol. The van der Waals surface area contributed by atoms with Gasteiger partial charge in [0.2, 0.25) is 5.89 Å². The van der Waals surface area contributed by atoms with Crippen molar-refractivity contribution in [3.8, 4) is 22.6 Å². The number of fused-ring (bicyclic) bond motifs is 1. The smallest absolute Gasteiger partial charge is 0.231 e. The Kier molecular flexibility index (Phi) is 4.49. The minimum atomic E-state index is 0.369. The number of para-hydroxylation sites is 2. The van der Waals surface area contributed by atoms with Crippen LogP contribution in [0.4, 0.5) is 5.82 Å². The predicted octanol–water partition coefficient (Wildman–Crippen LogP) is 3.53. The van der Waals surface area contributed by atoms with Crippen molar-refractivity contribution in [2.24, 2.45) is 0 Å². The number of pyridine rings is 1. The number of anilines is 1. The summed E-state index contributed by atoms with van der Waals surface area (Å²) in [6.45, 7) is 1.81. The van der Waals surface area contributed by atoms with Crippen LogP contribution in [0, 0.1) is 0 Å². The summed E-state index contributed by atoms with van der Waals surface area (Å²) in [5, 5.41) is 6.57. The van der Waals surface area contributed by atoms with Crippen molar-refractivity contribution >= 4 is 16.9 Å². The highest BCUT2D eigenvalue weighted by Crippen LogP contribution is 2.32. The molecule has 1 aromatic carbocycles. The molecule has 0 amide bonds. The summed E-state index contributed by atoms with van der Waals surface area (Å²) in [5.74, 6) is 0.858. The first-order valence-corrected chi connectivity index (χ1v) is 9.66. The van der Waals surface area contributed by atoms with Crippen LogP contribution in [0.3, 0.4) is 0 Å². The number of oxazole rings is 1. The molecule has 0 saturated carbocycles. The molecule has 4 aromatic rings. The summed E-state index contributed by atoms with van der Waals surface area (Å²) in [7, 11) is 1.72. The lowest BCUT2D eigenvalue weighted by Crippen LogP contribution is -2.33. The van der Waals surface area contributed by atoms with Crippen LogP contribution in [0.15, 0.2) is 53.3 Å². The summed E-state index contributed by atoms with van der Waals surface area (Å²) in [6, 6.07) is 9.97. The molecule has 4 heterocycles. The second-order valence-corrected chi connectivity index (χ2v) is 7.20. The summed E-state index contributed by atoms with van der Waals surface area (Å²) in [4.78, 5) is 14.2. The van der Waals surface area contributed by atoms with Gasteiger partial charge in [-0.3, -0.25) is 4.68 Å². The average Bonchev–Trinajstić information content (AvgIpc) is 3.41. The number of hydroxylamine groups is 2. The number of hydrogen-bond acceptors (Lipinski definition) is 7. The quantitative estimate of drug-likeness (QED) is 0.569. The normalized spacial score (nSPS) is 15.9. The van der Waals surface area contributed by atoms with Crippen LogP contribution in [0.1, 0.15) is 18.9 Å². The minimum absolute atomic E-state index is 0.369. The molecule has 1 aliphatic heterocycles. The third-order valence-electron chi connectivity index (χ3n) is 5.43. The first kappa shape index (κ1) is 17.8. The van der Waals surface area contributed by atoms with Gasteiger partial charge in [0, 0.05) is 36.6 Å². The van der Waals surface area contributed by atoms with Crippen LogP contribution in [-0.2, 0) is 4.84 Å². The van der Waals surface area contributed by atoms with E-state index in [0.29, 0.717) is 23.3 Å². The zero-order valence-corrected chi connectivity index (χ0v) is 16.2. The van der Waals surface area contributed by atoms with Gasteiger partial charge in [-0.2, -0.15) is 10.2 Å². The number of hydrogen-bond donors (Lipinski definition) is 1. The molecule has 29 heavy (non-hydrogen) atoms. The van der Waals surface area contributed by atoms with Crippen LogP contribution in [0.5, 0.6) is 0 Å². The van der Waals surface area contributed by atoms with Crippen LogP contribution >= 0.6 is 0 Å². The van der Waals surface area contributed by atoms with E-state index >= 15 is 0 Å². The number of rotatable bonds is 4. The van der Waals surface area contributed by atoms with Crippen molar-refractivity contribution < 1.29 is 9.25 Å². The molecular weight excluding hydrogens is 368 g/mol. The van der Waals surface area contributed by atoms with Crippen molar-refractivity contribution in [1.82, 2.24) is 24.8 Å². The number of nitrogens with zero attached hydrogens (tertiary/aromatic N) is 5. The van der Waals surface area contributed by atoms with E-state index in [1.165, 1.54) is 0 Å². The molecule has 2 N–H and O–H groups in total. The number of aromatic nitrogens is 4. The van der Waals surface area contributed by atoms with Crippen molar-refractivity contribution in [3.05, 3.63) is 48.9 Å². The van der Waals surface area contributed by atoms with Crippen LogP contribution in [0.2, 0.25) is 0 Å². The largest absolute Gasteiger partial charge is 0.436 e. The van der Waals surface area contributed by atoms with E-state index < -0.39 is 0 Å². The molecule has 0 aliphatic carbocycles. The highest BCUT2D eigenvalue weighted by molar-refractivity contribution is 5.80. The number of benzene rings is 1. The highest BCUT2D eigenvalue weighted by Gasteiger charge is 2.21. The maximum absolute atomic E-state index is 6.12. The van der Waals surface area contributed by atoms with Gasteiger partial charge in [0.1, 0.15) is 11.3 Å². The number of nitrogens with two attached hydrogens (primary N) is 1. The fourth-order valence-corrected chi connectivity index (χ4v) is 3.77. The first-order valence-electron chi connectivity index (χ1n) is 9.66. The van der Waals surface area contributed by atoms with Gasteiger partial charge in [0.25, 0.3) is 0 Å². The third kappa shape index (κ3) is 3.37. The fourth-order valence-electron chi connectivity index (χ4n) is 3.77. The Hall–Kier alpha value is -3.23. The lowest BCUT2D eigenvalue weighted by molar-refractivity contribution is -0.147. The zero-order chi connectivity index (χ0) is 19.8. The molecule has 0 atom stereocenters. The maximum Gasteiger partial charge on any atom is 0.231 e. The molecule has 0 bridgehead atoms. The molecule has 1 fully saturated rings. The SMILES string of the molecule is CON1CCC(n2cc(-c3cnc(N)c(-c4nc5ccccc5o4)c3)cn2)CC1. The van der Waals surface area contributed by atoms with Gasteiger partial charge in [-0.25, -0.2) is 9.97 Å². The topological polar surface area (TPSA) is 95.2 Å². The second-order valence-electron chi connectivity index (χ2n) is 7.20. The zero-order valence-electron chi connectivity index (χ0n) is 16.2. The van der Waals surface area contributed by atoms with Crippen LogP contribution in [0.25, 0.3) is 33.7 Å². The highest BCUT2D eigenvalue weighted by atomic mass is 16.7. The molecule has 8 heteroatoms. The summed E-state index contributed by atoms with van der Waals surface area (Å²) >= 11 is 0. The molecule has 1 aliphatic rings. The van der Waals surface area contributed by atoms with Gasteiger partial charge in [0.15, 0.2) is 5.58 Å². The van der Waals surface area contributed by atoms with Gasteiger partial charge in [0.05, 0.1) is 24.9 Å². The van der Waals surface area contributed by atoms with Gasteiger partial charge < -0.3 is 15.0 Å². The Morgan fingerprint density at radius 2 is 1.97 bits per heavy atom. The maximum atomic E-state index is 6.12.